The highest BCUT2D eigenvalue weighted by atomic mass is 16.4. The first-order valence-electron chi connectivity index (χ1n) is 7.78. The van der Waals surface area contributed by atoms with Gasteiger partial charge in [-0.25, -0.2) is 0 Å². The molecule has 0 atom stereocenters. The minimum atomic E-state index is -0.912. The molecule has 1 amide bonds. The van der Waals surface area contributed by atoms with Gasteiger partial charge in [0, 0.05) is 12.2 Å². The van der Waals surface area contributed by atoms with Gasteiger partial charge >= 0.3 is 5.97 Å². The molecule has 122 valence electrons. The molecule has 1 heterocycles. The number of aromatic amines is 1. The fraction of sp³-hybridized carbons (Fsp3) is 0.333. The van der Waals surface area contributed by atoms with Crippen LogP contribution in [0.3, 0.4) is 0 Å². The first-order valence-corrected chi connectivity index (χ1v) is 7.78. The molecule has 5 heteroatoms. The van der Waals surface area contributed by atoms with E-state index in [0.717, 1.165) is 11.3 Å². The lowest BCUT2D eigenvalue weighted by Gasteiger charge is -2.26. The Morgan fingerprint density at radius 1 is 1.09 bits per heavy atom. The van der Waals surface area contributed by atoms with Gasteiger partial charge in [0.1, 0.15) is 5.69 Å². The zero-order valence-electron chi connectivity index (χ0n) is 13.4. The Morgan fingerprint density at radius 3 is 2.30 bits per heavy atom. The van der Waals surface area contributed by atoms with E-state index in [2.05, 4.69) is 10.3 Å². The molecule has 1 aromatic carbocycles. The van der Waals surface area contributed by atoms with Crippen molar-refractivity contribution in [3.63, 3.8) is 0 Å². The summed E-state index contributed by atoms with van der Waals surface area (Å²) in [6.45, 7) is 3.77. The molecule has 0 saturated heterocycles. The van der Waals surface area contributed by atoms with E-state index < -0.39 is 11.4 Å². The molecule has 5 nitrogen and oxygen atoms in total. The highest BCUT2D eigenvalue weighted by Gasteiger charge is 2.35. The van der Waals surface area contributed by atoms with Gasteiger partial charge in [0.15, 0.2) is 0 Å². The average Bonchev–Trinajstić information content (AvgIpc) is 3.06. The number of carbonyl (C=O) groups is 2. The summed E-state index contributed by atoms with van der Waals surface area (Å²) < 4.78 is 0. The van der Waals surface area contributed by atoms with Crippen LogP contribution in [0.15, 0.2) is 42.5 Å². The summed E-state index contributed by atoms with van der Waals surface area (Å²) in [5, 5.41) is 12.1. The maximum atomic E-state index is 12.3. The van der Waals surface area contributed by atoms with E-state index in [-0.39, 0.29) is 12.5 Å². The average molecular weight is 314 g/mol. The zero-order chi connectivity index (χ0) is 16.9. The summed E-state index contributed by atoms with van der Waals surface area (Å²) in [4.78, 5) is 26.8. The normalized spacial score (nSPS) is 11.2. The first kappa shape index (κ1) is 16.8. The number of nitrogens with one attached hydrogen (secondary N) is 2. The predicted octanol–water partition coefficient (Wildman–Crippen LogP) is 3.30. The van der Waals surface area contributed by atoms with E-state index in [4.69, 9.17) is 0 Å². The van der Waals surface area contributed by atoms with Gasteiger partial charge in [0.25, 0.3) is 5.91 Å². The Kier molecular flexibility index (Phi) is 5.21. The van der Waals surface area contributed by atoms with Crippen LogP contribution in [0, 0.1) is 5.41 Å². The molecular formula is C18H22N2O3. The molecular weight excluding hydrogens is 292 g/mol. The summed E-state index contributed by atoms with van der Waals surface area (Å²) in [7, 11) is 0. The van der Waals surface area contributed by atoms with Crippen LogP contribution < -0.4 is 5.32 Å². The monoisotopic (exact) mass is 314 g/mol. The number of hydrogen-bond acceptors (Lipinski definition) is 2. The Bertz CT molecular complexity index is 673. The Balaban J connectivity index is 2.07. The summed E-state index contributed by atoms with van der Waals surface area (Å²) in [5.41, 5.74) is 1.36. The van der Waals surface area contributed by atoms with E-state index in [0.29, 0.717) is 18.5 Å². The van der Waals surface area contributed by atoms with Crippen molar-refractivity contribution in [2.24, 2.45) is 5.41 Å². The van der Waals surface area contributed by atoms with E-state index in [9.17, 15) is 14.7 Å². The van der Waals surface area contributed by atoms with Crippen LogP contribution in [0.4, 0.5) is 0 Å². The van der Waals surface area contributed by atoms with Crippen molar-refractivity contribution in [2.45, 2.75) is 26.7 Å². The quantitative estimate of drug-likeness (QED) is 0.733. The number of aliphatic carboxylic acids is 1. The zero-order valence-corrected chi connectivity index (χ0v) is 13.4. The van der Waals surface area contributed by atoms with Crippen molar-refractivity contribution < 1.29 is 14.7 Å². The van der Waals surface area contributed by atoms with Crippen molar-refractivity contribution >= 4 is 11.9 Å². The number of H-pyrrole nitrogens is 1. The van der Waals surface area contributed by atoms with Crippen molar-refractivity contribution in [3.05, 3.63) is 48.2 Å². The molecule has 0 aliphatic heterocycles. The van der Waals surface area contributed by atoms with Gasteiger partial charge in [-0.05, 0) is 30.5 Å². The number of aromatic nitrogens is 1. The third-order valence-corrected chi connectivity index (χ3v) is 4.41. The summed E-state index contributed by atoms with van der Waals surface area (Å²) in [6.07, 6.45) is 0.943. The van der Waals surface area contributed by atoms with Crippen LogP contribution in [-0.2, 0) is 4.79 Å². The molecule has 0 saturated carbocycles. The maximum absolute atomic E-state index is 12.3. The van der Waals surface area contributed by atoms with Crippen LogP contribution in [0.2, 0.25) is 0 Å². The molecule has 3 N–H and O–H groups in total. The largest absolute Gasteiger partial charge is 0.481 e. The second-order valence-electron chi connectivity index (χ2n) is 5.63. The standard InChI is InChI=1S/C18H22N2O3/c1-3-18(4-2,17(22)23)12-19-16(21)15-11-10-14(20-15)13-8-6-5-7-9-13/h5-11,20H,3-4,12H2,1-2H3,(H,19,21)(H,22,23). The van der Waals surface area contributed by atoms with Gasteiger partial charge in [-0.3, -0.25) is 9.59 Å². The fourth-order valence-electron chi connectivity index (χ4n) is 2.54. The van der Waals surface area contributed by atoms with E-state index >= 15 is 0 Å². The van der Waals surface area contributed by atoms with Gasteiger partial charge in [-0.2, -0.15) is 0 Å². The highest BCUT2D eigenvalue weighted by molar-refractivity contribution is 5.93. The third kappa shape index (κ3) is 3.62. The lowest BCUT2D eigenvalue weighted by Crippen LogP contribution is -2.42. The van der Waals surface area contributed by atoms with Crippen molar-refractivity contribution in [2.75, 3.05) is 6.54 Å². The molecule has 0 aliphatic carbocycles. The van der Waals surface area contributed by atoms with Crippen molar-refractivity contribution in [1.82, 2.24) is 10.3 Å². The van der Waals surface area contributed by atoms with Gasteiger partial charge < -0.3 is 15.4 Å². The van der Waals surface area contributed by atoms with Crippen molar-refractivity contribution in [3.8, 4) is 11.3 Å². The van der Waals surface area contributed by atoms with E-state index in [1.165, 1.54) is 0 Å². The van der Waals surface area contributed by atoms with E-state index in [1.54, 1.807) is 6.07 Å². The Labute approximate surface area is 135 Å². The van der Waals surface area contributed by atoms with E-state index in [1.807, 2.05) is 50.2 Å². The Morgan fingerprint density at radius 2 is 1.74 bits per heavy atom. The molecule has 1 aromatic heterocycles. The topological polar surface area (TPSA) is 82.2 Å². The molecule has 2 aromatic rings. The Hall–Kier alpha value is -2.56. The number of hydrogen-bond donors (Lipinski definition) is 3. The number of carboxylic acids is 1. The number of benzene rings is 1. The number of amides is 1. The van der Waals surface area contributed by atoms with Gasteiger partial charge in [0.2, 0.25) is 0 Å². The minimum absolute atomic E-state index is 0.119. The van der Waals surface area contributed by atoms with Crippen LogP contribution in [-0.4, -0.2) is 28.5 Å². The fourth-order valence-corrected chi connectivity index (χ4v) is 2.54. The van der Waals surface area contributed by atoms with Gasteiger partial charge in [0.05, 0.1) is 5.41 Å². The number of rotatable bonds is 7. The molecule has 23 heavy (non-hydrogen) atoms. The second kappa shape index (κ2) is 7.13. The molecule has 0 spiro atoms. The second-order valence-corrected chi connectivity index (χ2v) is 5.63. The molecule has 0 bridgehead atoms. The van der Waals surface area contributed by atoms with Crippen LogP contribution in [0.25, 0.3) is 11.3 Å². The van der Waals surface area contributed by atoms with Gasteiger partial charge in [-0.1, -0.05) is 44.2 Å². The first-order chi connectivity index (χ1) is 11.0. The van der Waals surface area contributed by atoms with Crippen LogP contribution in [0.1, 0.15) is 37.2 Å². The van der Waals surface area contributed by atoms with Crippen LogP contribution >= 0.6 is 0 Å². The smallest absolute Gasteiger partial charge is 0.311 e. The lowest BCUT2D eigenvalue weighted by atomic mass is 9.82. The molecule has 0 radical (unpaired) electrons. The maximum Gasteiger partial charge on any atom is 0.311 e. The molecule has 0 fully saturated rings. The molecule has 0 aliphatic rings. The lowest BCUT2D eigenvalue weighted by molar-refractivity contribution is -0.149. The number of carbonyl (C=O) groups excluding carboxylic acids is 1. The predicted molar refractivity (Wildman–Crippen MR) is 89.2 cm³/mol. The van der Waals surface area contributed by atoms with Crippen molar-refractivity contribution in [1.29, 1.82) is 0 Å². The number of carboxylic acid groups (broad SMARTS) is 1. The SMILES string of the molecule is CCC(CC)(CNC(=O)c1ccc(-c2ccccc2)[nH]1)C(=O)O. The minimum Gasteiger partial charge on any atom is -0.481 e. The summed E-state index contributed by atoms with van der Waals surface area (Å²) in [6, 6.07) is 13.3. The molecule has 2 rings (SSSR count). The summed E-state index contributed by atoms with van der Waals surface area (Å²) in [5.74, 6) is -1.17. The third-order valence-electron chi connectivity index (χ3n) is 4.41. The summed E-state index contributed by atoms with van der Waals surface area (Å²) >= 11 is 0. The van der Waals surface area contributed by atoms with Gasteiger partial charge in [-0.15, -0.1) is 0 Å². The molecule has 0 unspecified atom stereocenters. The van der Waals surface area contributed by atoms with Crippen LogP contribution in [0.5, 0.6) is 0 Å². The highest BCUT2D eigenvalue weighted by Crippen LogP contribution is 2.26.